The van der Waals surface area contributed by atoms with Gasteiger partial charge in [0, 0.05) is 28.3 Å². The van der Waals surface area contributed by atoms with Crippen LogP contribution in [0.3, 0.4) is 0 Å². The van der Waals surface area contributed by atoms with E-state index >= 15 is 0 Å². The van der Waals surface area contributed by atoms with Crippen LogP contribution in [0.5, 0.6) is 0 Å². The number of hydrogen-bond acceptors (Lipinski definition) is 3. The number of rotatable bonds is 6. The van der Waals surface area contributed by atoms with Crippen LogP contribution in [0.2, 0.25) is 0 Å². The van der Waals surface area contributed by atoms with Crippen molar-refractivity contribution in [3.63, 3.8) is 0 Å². The SMILES string of the molecule is CCC(C)S(=O)C(C)C(=O)Nc1cccc(CN)c1. The maximum Gasteiger partial charge on any atom is 0.239 e. The van der Waals surface area contributed by atoms with Crippen molar-refractivity contribution < 1.29 is 9.00 Å². The highest BCUT2D eigenvalue weighted by Gasteiger charge is 2.23. The molecule has 4 nitrogen and oxygen atoms in total. The van der Waals surface area contributed by atoms with Crippen molar-refractivity contribution >= 4 is 22.4 Å². The lowest BCUT2D eigenvalue weighted by Gasteiger charge is -2.16. The highest BCUT2D eigenvalue weighted by atomic mass is 32.2. The molecular weight excluding hydrogens is 260 g/mol. The van der Waals surface area contributed by atoms with Gasteiger partial charge in [-0.3, -0.25) is 9.00 Å². The highest BCUT2D eigenvalue weighted by molar-refractivity contribution is 7.87. The van der Waals surface area contributed by atoms with Crippen LogP contribution in [-0.4, -0.2) is 20.6 Å². The number of carbonyl (C=O) groups excluding carboxylic acids is 1. The van der Waals surface area contributed by atoms with E-state index in [-0.39, 0.29) is 11.2 Å². The van der Waals surface area contributed by atoms with E-state index in [0.29, 0.717) is 12.2 Å². The molecule has 0 aliphatic carbocycles. The maximum atomic E-state index is 12.1. The van der Waals surface area contributed by atoms with Gasteiger partial charge in [-0.1, -0.05) is 26.0 Å². The van der Waals surface area contributed by atoms with Crippen molar-refractivity contribution in [3.8, 4) is 0 Å². The summed E-state index contributed by atoms with van der Waals surface area (Å²) in [5.74, 6) is -0.215. The van der Waals surface area contributed by atoms with Crippen molar-refractivity contribution in [2.75, 3.05) is 5.32 Å². The molecule has 0 bridgehead atoms. The van der Waals surface area contributed by atoms with Crippen molar-refractivity contribution in [3.05, 3.63) is 29.8 Å². The van der Waals surface area contributed by atoms with E-state index in [1.165, 1.54) is 0 Å². The first-order valence-corrected chi connectivity index (χ1v) is 7.76. The summed E-state index contributed by atoms with van der Waals surface area (Å²) < 4.78 is 12.1. The summed E-state index contributed by atoms with van der Waals surface area (Å²) in [7, 11) is -1.16. The number of benzene rings is 1. The van der Waals surface area contributed by atoms with E-state index in [4.69, 9.17) is 5.73 Å². The fourth-order valence-corrected chi connectivity index (χ4v) is 2.93. The van der Waals surface area contributed by atoms with Crippen molar-refractivity contribution in [2.45, 2.75) is 44.2 Å². The van der Waals surface area contributed by atoms with Gasteiger partial charge in [-0.15, -0.1) is 0 Å². The quantitative estimate of drug-likeness (QED) is 0.838. The lowest BCUT2D eigenvalue weighted by molar-refractivity contribution is -0.115. The Hall–Kier alpha value is -1.20. The Balaban J connectivity index is 2.70. The first kappa shape index (κ1) is 15.9. The van der Waals surface area contributed by atoms with Gasteiger partial charge in [-0.2, -0.15) is 0 Å². The topological polar surface area (TPSA) is 72.2 Å². The zero-order valence-corrected chi connectivity index (χ0v) is 12.5. The summed E-state index contributed by atoms with van der Waals surface area (Å²) in [5, 5.41) is 2.30. The molecule has 1 amide bonds. The third kappa shape index (κ3) is 4.44. The smallest absolute Gasteiger partial charge is 0.239 e. The minimum atomic E-state index is -1.16. The molecule has 1 aromatic rings. The van der Waals surface area contributed by atoms with Gasteiger partial charge >= 0.3 is 0 Å². The van der Waals surface area contributed by atoms with Gasteiger partial charge in [0.2, 0.25) is 5.91 Å². The maximum absolute atomic E-state index is 12.1. The molecule has 0 saturated heterocycles. The molecule has 19 heavy (non-hydrogen) atoms. The van der Waals surface area contributed by atoms with Crippen LogP contribution in [0.15, 0.2) is 24.3 Å². The molecule has 0 radical (unpaired) electrons. The summed E-state index contributed by atoms with van der Waals surface area (Å²) in [4.78, 5) is 12.0. The van der Waals surface area contributed by atoms with E-state index in [9.17, 15) is 9.00 Å². The first-order valence-electron chi connectivity index (χ1n) is 6.48. The van der Waals surface area contributed by atoms with Crippen LogP contribution in [-0.2, 0) is 22.1 Å². The normalized spacial score (nSPS) is 15.6. The van der Waals surface area contributed by atoms with Crippen molar-refractivity contribution in [1.29, 1.82) is 0 Å². The van der Waals surface area contributed by atoms with Gasteiger partial charge < -0.3 is 11.1 Å². The molecule has 3 atom stereocenters. The zero-order chi connectivity index (χ0) is 14.4. The van der Waals surface area contributed by atoms with E-state index in [1.54, 1.807) is 13.0 Å². The molecule has 1 rings (SSSR count). The monoisotopic (exact) mass is 282 g/mol. The third-order valence-corrected chi connectivity index (χ3v) is 5.16. The summed E-state index contributed by atoms with van der Waals surface area (Å²) in [6.07, 6.45) is 0.799. The van der Waals surface area contributed by atoms with Gasteiger partial charge in [0.1, 0.15) is 5.25 Å². The molecule has 3 N–H and O–H groups in total. The Morgan fingerprint density at radius 3 is 2.68 bits per heavy atom. The molecule has 0 heterocycles. The predicted molar refractivity (Wildman–Crippen MR) is 80.3 cm³/mol. The molecule has 3 unspecified atom stereocenters. The number of nitrogens with two attached hydrogens (primary N) is 1. The Morgan fingerprint density at radius 2 is 2.11 bits per heavy atom. The van der Waals surface area contributed by atoms with E-state index in [0.717, 1.165) is 12.0 Å². The van der Waals surface area contributed by atoms with Gasteiger partial charge in [0.05, 0.1) is 0 Å². The van der Waals surface area contributed by atoms with Crippen LogP contribution in [0.1, 0.15) is 32.8 Å². The first-order chi connectivity index (χ1) is 8.99. The summed E-state index contributed by atoms with van der Waals surface area (Å²) >= 11 is 0. The second kappa shape index (κ2) is 7.40. The Labute approximate surface area is 117 Å². The van der Waals surface area contributed by atoms with E-state index in [2.05, 4.69) is 5.32 Å². The summed E-state index contributed by atoms with van der Waals surface area (Å²) in [5.41, 5.74) is 7.20. The molecular formula is C14H22N2O2S. The second-order valence-corrected chi connectivity index (χ2v) is 6.75. The highest BCUT2D eigenvalue weighted by Crippen LogP contribution is 2.13. The number of anilines is 1. The predicted octanol–water partition coefficient (Wildman–Crippen LogP) is 2.02. The lowest BCUT2D eigenvalue weighted by Crippen LogP contribution is -2.33. The van der Waals surface area contributed by atoms with Crippen LogP contribution >= 0.6 is 0 Å². The van der Waals surface area contributed by atoms with E-state index in [1.807, 2.05) is 32.0 Å². The van der Waals surface area contributed by atoms with Crippen LogP contribution in [0.25, 0.3) is 0 Å². The van der Waals surface area contributed by atoms with Gasteiger partial charge in [-0.05, 0) is 31.0 Å². The average molecular weight is 282 g/mol. The Morgan fingerprint density at radius 1 is 1.42 bits per heavy atom. The number of hydrogen-bond donors (Lipinski definition) is 2. The van der Waals surface area contributed by atoms with Crippen LogP contribution < -0.4 is 11.1 Å². The zero-order valence-electron chi connectivity index (χ0n) is 11.7. The number of carbonyl (C=O) groups is 1. The fraction of sp³-hybridized carbons (Fsp3) is 0.500. The fourth-order valence-electron chi connectivity index (χ4n) is 1.64. The molecule has 0 saturated carbocycles. The largest absolute Gasteiger partial charge is 0.326 e. The molecule has 0 aromatic heterocycles. The summed E-state index contributed by atoms with van der Waals surface area (Å²) in [6, 6.07) is 7.37. The molecule has 5 heteroatoms. The molecule has 1 aromatic carbocycles. The van der Waals surface area contributed by atoms with Crippen molar-refractivity contribution in [2.24, 2.45) is 5.73 Å². The van der Waals surface area contributed by atoms with Gasteiger partial charge in [-0.25, -0.2) is 0 Å². The lowest BCUT2D eigenvalue weighted by atomic mass is 10.2. The minimum absolute atomic E-state index is 0.0242. The Kier molecular flexibility index (Phi) is 6.18. The molecule has 0 aliphatic heterocycles. The molecule has 106 valence electrons. The van der Waals surface area contributed by atoms with Crippen LogP contribution in [0.4, 0.5) is 5.69 Å². The van der Waals surface area contributed by atoms with Crippen molar-refractivity contribution in [1.82, 2.24) is 0 Å². The Bertz CT molecular complexity index is 463. The third-order valence-electron chi connectivity index (χ3n) is 3.12. The van der Waals surface area contributed by atoms with Crippen LogP contribution in [0, 0.1) is 0 Å². The van der Waals surface area contributed by atoms with E-state index < -0.39 is 16.0 Å². The average Bonchev–Trinajstić information content (AvgIpc) is 2.44. The molecule has 0 aliphatic rings. The van der Waals surface area contributed by atoms with Gasteiger partial charge in [0.25, 0.3) is 0 Å². The number of amides is 1. The second-order valence-electron chi connectivity index (χ2n) is 4.58. The molecule has 0 fully saturated rings. The minimum Gasteiger partial charge on any atom is -0.326 e. The summed E-state index contributed by atoms with van der Waals surface area (Å²) in [6.45, 7) is 6.00. The molecule has 0 spiro atoms. The standard InChI is InChI=1S/C14H22N2O2S/c1-4-10(2)19(18)11(3)14(17)16-13-7-5-6-12(8-13)9-15/h5-8,10-11H,4,9,15H2,1-3H3,(H,16,17). The van der Waals surface area contributed by atoms with Gasteiger partial charge in [0.15, 0.2) is 0 Å². The number of nitrogens with one attached hydrogen (secondary N) is 1.